The summed E-state index contributed by atoms with van der Waals surface area (Å²) in [6, 6.07) is -0.374. The number of alkyl halides is 3. The van der Waals surface area contributed by atoms with Gasteiger partial charge in [-0.05, 0) is 32.4 Å². The van der Waals surface area contributed by atoms with Gasteiger partial charge < -0.3 is 5.73 Å². The summed E-state index contributed by atoms with van der Waals surface area (Å²) in [6.07, 6.45) is -0.786. The molecule has 1 rings (SSSR count). The maximum Gasteiger partial charge on any atom is 0.389 e. The van der Waals surface area contributed by atoms with E-state index < -0.39 is 12.6 Å². The predicted octanol–water partition coefficient (Wildman–Crippen LogP) is 3.31. The van der Waals surface area contributed by atoms with E-state index in [4.69, 9.17) is 5.73 Å². The summed E-state index contributed by atoms with van der Waals surface area (Å²) >= 11 is 0. The molecule has 0 radical (unpaired) electrons. The third-order valence-corrected chi connectivity index (χ3v) is 4.29. The predicted molar refractivity (Wildman–Crippen MR) is 67.4 cm³/mol. The quantitative estimate of drug-likeness (QED) is 0.799. The van der Waals surface area contributed by atoms with Crippen LogP contribution >= 0.6 is 0 Å². The minimum absolute atomic E-state index is 0.0417. The Morgan fingerprint density at radius 2 is 1.67 bits per heavy atom. The number of halogens is 3. The van der Waals surface area contributed by atoms with Crippen LogP contribution in [-0.4, -0.2) is 35.7 Å². The average molecular weight is 266 g/mol. The van der Waals surface area contributed by atoms with E-state index >= 15 is 0 Å². The van der Waals surface area contributed by atoms with Crippen molar-refractivity contribution in [1.82, 2.24) is 4.90 Å². The van der Waals surface area contributed by atoms with E-state index in [1.807, 2.05) is 0 Å². The normalized spacial score (nSPS) is 21.5. The lowest BCUT2D eigenvalue weighted by Crippen LogP contribution is -2.58. The van der Waals surface area contributed by atoms with Crippen molar-refractivity contribution in [1.29, 1.82) is 0 Å². The summed E-state index contributed by atoms with van der Waals surface area (Å²) in [5.74, 6) is 0. The third-order valence-electron chi connectivity index (χ3n) is 4.29. The van der Waals surface area contributed by atoms with E-state index in [0.29, 0.717) is 0 Å². The van der Waals surface area contributed by atoms with E-state index in [-0.39, 0.29) is 18.0 Å². The molecule has 0 aromatic carbocycles. The molecule has 2 nitrogen and oxygen atoms in total. The van der Waals surface area contributed by atoms with Crippen LogP contribution < -0.4 is 5.73 Å². The van der Waals surface area contributed by atoms with Crippen molar-refractivity contribution in [3.05, 3.63) is 0 Å². The molecule has 0 amide bonds. The highest BCUT2D eigenvalue weighted by atomic mass is 19.4. The highest BCUT2D eigenvalue weighted by molar-refractivity contribution is 5.02. The fraction of sp³-hybridized carbons (Fsp3) is 1.00. The molecule has 108 valence electrons. The first kappa shape index (κ1) is 15.8. The molecule has 1 aliphatic rings. The molecule has 1 aliphatic carbocycles. The van der Waals surface area contributed by atoms with Gasteiger partial charge in [0.15, 0.2) is 0 Å². The van der Waals surface area contributed by atoms with Gasteiger partial charge in [-0.15, -0.1) is 0 Å². The second kappa shape index (κ2) is 6.24. The maximum absolute atomic E-state index is 12.3. The Morgan fingerprint density at radius 1 is 1.17 bits per heavy atom. The summed E-state index contributed by atoms with van der Waals surface area (Å²) < 4.78 is 37.0. The lowest BCUT2D eigenvalue weighted by Gasteiger charge is -2.45. The number of likely N-dealkylation sites (N-methyl/N-ethyl adjacent to an activating group) is 1. The van der Waals surface area contributed by atoms with E-state index in [1.54, 1.807) is 0 Å². The fourth-order valence-corrected chi connectivity index (χ4v) is 3.35. The highest BCUT2D eigenvalue weighted by Crippen LogP contribution is 2.39. The van der Waals surface area contributed by atoms with Gasteiger partial charge in [0.25, 0.3) is 0 Å². The average Bonchev–Trinajstić information content (AvgIpc) is 2.77. The van der Waals surface area contributed by atoms with Gasteiger partial charge in [0, 0.05) is 18.0 Å². The molecule has 1 saturated carbocycles. The largest absolute Gasteiger partial charge is 0.389 e. The van der Waals surface area contributed by atoms with Gasteiger partial charge in [0.1, 0.15) is 0 Å². The third kappa shape index (κ3) is 3.60. The fourth-order valence-electron chi connectivity index (χ4n) is 3.35. The standard InChI is InChI=1S/C13H25F3N2/c1-3-18(4-2)12(8-5-6-9-12)11(17)7-10-13(14,15)16/h11H,3-10,17H2,1-2H3. The summed E-state index contributed by atoms with van der Waals surface area (Å²) in [4.78, 5) is 2.26. The van der Waals surface area contributed by atoms with Crippen LogP contribution in [-0.2, 0) is 0 Å². The number of rotatable bonds is 6. The van der Waals surface area contributed by atoms with Crippen LogP contribution in [0, 0.1) is 0 Å². The molecule has 0 aromatic rings. The first-order valence-electron chi connectivity index (χ1n) is 6.93. The number of hydrogen-bond donors (Lipinski definition) is 1. The Kier molecular flexibility index (Phi) is 5.46. The first-order valence-corrected chi connectivity index (χ1v) is 6.93. The summed E-state index contributed by atoms with van der Waals surface area (Å²) in [5.41, 5.74) is 5.93. The SMILES string of the molecule is CCN(CC)C1(C(N)CCC(F)(F)F)CCCC1. The first-order chi connectivity index (χ1) is 8.35. The van der Waals surface area contributed by atoms with Crippen molar-refractivity contribution in [2.45, 2.75) is 70.1 Å². The van der Waals surface area contributed by atoms with E-state index in [2.05, 4.69) is 18.7 Å². The molecule has 1 atom stereocenters. The zero-order valence-corrected chi connectivity index (χ0v) is 11.4. The Labute approximate surface area is 108 Å². The summed E-state index contributed by atoms with van der Waals surface area (Å²) in [7, 11) is 0. The molecule has 1 fully saturated rings. The molecule has 0 aromatic heterocycles. The molecule has 0 spiro atoms. The van der Waals surface area contributed by atoms with Crippen LogP contribution in [0.2, 0.25) is 0 Å². The Morgan fingerprint density at radius 3 is 2.06 bits per heavy atom. The van der Waals surface area contributed by atoms with Gasteiger partial charge in [-0.3, -0.25) is 4.90 Å². The van der Waals surface area contributed by atoms with Crippen molar-refractivity contribution in [3.63, 3.8) is 0 Å². The van der Waals surface area contributed by atoms with Crippen LogP contribution in [0.25, 0.3) is 0 Å². The second-order valence-corrected chi connectivity index (χ2v) is 5.24. The van der Waals surface area contributed by atoms with Gasteiger partial charge >= 0.3 is 6.18 Å². The van der Waals surface area contributed by atoms with Crippen LogP contribution in [0.1, 0.15) is 52.4 Å². The molecule has 0 saturated heterocycles. The molecule has 18 heavy (non-hydrogen) atoms. The van der Waals surface area contributed by atoms with Gasteiger partial charge in [-0.2, -0.15) is 13.2 Å². The molecule has 0 aliphatic heterocycles. The molecule has 1 unspecified atom stereocenters. The van der Waals surface area contributed by atoms with Crippen LogP contribution in [0.5, 0.6) is 0 Å². The number of hydrogen-bond acceptors (Lipinski definition) is 2. The molecule has 0 bridgehead atoms. The van der Waals surface area contributed by atoms with E-state index in [9.17, 15) is 13.2 Å². The topological polar surface area (TPSA) is 29.3 Å². The Balaban J connectivity index is 2.71. The van der Waals surface area contributed by atoms with Crippen LogP contribution in [0.15, 0.2) is 0 Å². The van der Waals surface area contributed by atoms with Gasteiger partial charge in [-0.1, -0.05) is 26.7 Å². The van der Waals surface area contributed by atoms with Crippen molar-refractivity contribution < 1.29 is 13.2 Å². The molecule has 2 N–H and O–H groups in total. The summed E-state index contributed by atoms with van der Waals surface area (Å²) in [6.45, 7) is 5.83. The van der Waals surface area contributed by atoms with Crippen LogP contribution in [0.4, 0.5) is 13.2 Å². The second-order valence-electron chi connectivity index (χ2n) is 5.24. The molecule has 5 heteroatoms. The van der Waals surface area contributed by atoms with Crippen molar-refractivity contribution in [2.75, 3.05) is 13.1 Å². The Hall–Kier alpha value is -0.290. The van der Waals surface area contributed by atoms with Gasteiger partial charge in [0.05, 0.1) is 0 Å². The van der Waals surface area contributed by atoms with Crippen molar-refractivity contribution in [3.8, 4) is 0 Å². The zero-order chi connectivity index (χ0) is 13.8. The zero-order valence-electron chi connectivity index (χ0n) is 11.4. The highest BCUT2D eigenvalue weighted by Gasteiger charge is 2.44. The molecular weight excluding hydrogens is 241 g/mol. The van der Waals surface area contributed by atoms with Gasteiger partial charge in [-0.25, -0.2) is 0 Å². The van der Waals surface area contributed by atoms with Crippen molar-refractivity contribution >= 4 is 0 Å². The lowest BCUT2D eigenvalue weighted by molar-refractivity contribution is -0.138. The van der Waals surface area contributed by atoms with Crippen LogP contribution in [0.3, 0.4) is 0 Å². The van der Waals surface area contributed by atoms with E-state index in [0.717, 1.165) is 38.8 Å². The molecular formula is C13H25F3N2. The monoisotopic (exact) mass is 266 g/mol. The molecule has 0 heterocycles. The van der Waals surface area contributed by atoms with Crippen molar-refractivity contribution in [2.24, 2.45) is 5.73 Å². The van der Waals surface area contributed by atoms with Gasteiger partial charge in [0.2, 0.25) is 0 Å². The maximum atomic E-state index is 12.3. The van der Waals surface area contributed by atoms with E-state index in [1.165, 1.54) is 0 Å². The number of nitrogens with two attached hydrogens (primary N) is 1. The summed E-state index contributed by atoms with van der Waals surface area (Å²) in [5, 5.41) is 0. The lowest BCUT2D eigenvalue weighted by atomic mass is 9.84. The number of nitrogens with zero attached hydrogens (tertiary/aromatic N) is 1. The minimum atomic E-state index is -4.10. The Bertz CT molecular complexity index is 243. The minimum Gasteiger partial charge on any atom is -0.326 e. The smallest absolute Gasteiger partial charge is 0.326 e.